The Morgan fingerprint density at radius 3 is 2.33 bits per heavy atom. The summed E-state index contributed by atoms with van der Waals surface area (Å²) in [4.78, 5) is 9.72. The minimum atomic E-state index is 0.579. The molecule has 0 saturated heterocycles. The van der Waals surface area contributed by atoms with E-state index in [1.54, 1.807) is 6.92 Å². The van der Waals surface area contributed by atoms with Crippen LogP contribution in [0.15, 0.2) is 11.6 Å². The third-order valence-electron chi connectivity index (χ3n) is 0.894. The maximum Gasteiger partial charge on any atom is 0.145 e. The fraction of sp³-hybridized carbons (Fsp3) is 0.444. The highest BCUT2D eigenvalue weighted by Gasteiger charge is 1.75. The molecular weight excluding hydrogens is 152 g/mol. The summed E-state index contributed by atoms with van der Waals surface area (Å²) in [6, 6.07) is 2.02. The lowest BCUT2D eigenvalue weighted by molar-refractivity contribution is -0.104. The molecule has 3 heteroatoms. The molecule has 0 spiro atoms. The lowest BCUT2D eigenvalue weighted by atomic mass is 10.3. The SMILES string of the molecule is C/C(C=O)=C\C=N.CCCC#N. The molecule has 0 atom stereocenters. The Morgan fingerprint density at radius 1 is 1.67 bits per heavy atom. The van der Waals surface area contributed by atoms with E-state index in [1.807, 2.05) is 13.0 Å². The van der Waals surface area contributed by atoms with E-state index in [0.29, 0.717) is 18.3 Å². The van der Waals surface area contributed by atoms with Crippen LogP contribution in [-0.2, 0) is 4.79 Å². The van der Waals surface area contributed by atoms with Gasteiger partial charge in [0, 0.05) is 12.6 Å². The molecule has 0 aromatic rings. The molecule has 0 aliphatic heterocycles. The average molecular weight is 166 g/mol. The molecule has 0 bridgehead atoms. The Balaban J connectivity index is 0. The first-order valence-electron chi connectivity index (χ1n) is 3.72. The van der Waals surface area contributed by atoms with E-state index >= 15 is 0 Å². The van der Waals surface area contributed by atoms with Crippen LogP contribution in [0, 0.1) is 16.7 Å². The lowest BCUT2D eigenvalue weighted by Crippen LogP contribution is -1.73. The second-order valence-electron chi connectivity index (χ2n) is 2.10. The van der Waals surface area contributed by atoms with Crippen LogP contribution in [0.3, 0.4) is 0 Å². The number of aldehydes is 1. The van der Waals surface area contributed by atoms with Crippen molar-refractivity contribution in [3.8, 4) is 6.07 Å². The molecule has 0 aliphatic carbocycles. The van der Waals surface area contributed by atoms with Crippen LogP contribution in [0.4, 0.5) is 0 Å². The van der Waals surface area contributed by atoms with Crippen molar-refractivity contribution in [1.82, 2.24) is 0 Å². The predicted octanol–water partition coefficient (Wildman–Crippen LogP) is 2.09. The number of allylic oxidation sites excluding steroid dienone is 2. The zero-order chi connectivity index (χ0) is 9.82. The predicted molar refractivity (Wildman–Crippen MR) is 49.1 cm³/mol. The molecule has 0 unspecified atom stereocenters. The van der Waals surface area contributed by atoms with Crippen molar-refractivity contribution >= 4 is 12.5 Å². The van der Waals surface area contributed by atoms with Gasteiger partial charge in [0.15, 0.2) is 0 Å². The number of nitrogens with zero attached hydrogens (tertiary/aromatic N) is 1. The molecule has 0 radical (unpaired) electrons. The van der Waals surface area contributed by atoms with Crippen molar-refractivity contribution in [3.05, 3.63) is 11.6 Å². The van der Waals surface area contributed by atoms with Crippen molar-refractivity contribution in [2.75, 3.05) is 0 Å². The van der Waals surface area contributed by atoms with Crippen LogP contribution >= 0.6 is 0 Å². The third kappa shape index (κ3) is 15.8. The van der Waals surface area contributed by atoms with Crippen molar-refractivity contribution in [2.45, 2.75) is 26.7 Å². The van der Waals surface area contributed by atoms with Crippen LogP contribution in [0.5, 0.6) is 0 Å². The summed E-state index contributed by atoms with van der Waals surface area (Å²) in [6.45, 7) is 3.64. The third-order valence-corrected chi connectivity index (χ3v) is 0.894. The Bertz CT molecular complexity index is 189. The molecule has 12 heavy (non-hydrogen) atoms. The zero-order valence-corrected chi connectivity index (χ0v) is 7.50. The van der Waals surface area contributed by atoms with Gasteiger partial charge in [-0.1, -0.05) is 6.92 Å². The number of carbonyl (C=O) groups excluding carboxylic acids is 1. The summed E-state index contributed by atoms with van der Waals surface area (Å²) in [6.07, 6.45) is 4.91. The Labute approximate surface area is 73.2 Å². The molecule has 3 nitrogen and oxygen atoms in total. The molecule has 0 aliphatic rings. The Kier molecular flexibility index (Phi) is 13.5. The van der Waals surface area contributed by atoms with E-state index in [9.17, 15) is 4.79 Å². The highest BCUT2D eigenvalue weighted by molar-refractivity contribution is 5.81. The van der Waals surface area contributed by atoms with Gasteiger partial charge in [-0.25, -0.2) is 0 Å². The summed E-state index contributed by atoms with van der Waals surface area (Å²) < 4.78 is 0. The molecule has 0 aromatic carbocycles. The minimum absolute atomic E-state index is 0.579. The Morgan fingerprint density at radius 2 is 2.25 bits per heavy atom. The van der Waals surface area contributed by atoms with Gasteiger partial charge in [-0.05, 0) is 25.0 Å². The monoisotopic (exact) mass is 166 g/mol. The minimum Gasteiger partial charge on any atom is -0.309 e. The van der Waals surface area contributed by atoms with Crippen LogP contribution < -0.4 is 0 Å². The molecule has 66 valence electrons. The van der Waals surface area contributed by atoms with E-state index in [1.165, 1.54) is 6.08 Å². The van der Waals surface area contributed by atoms with E-state index in [2.05, 4.69) is 0 Å². The number of nitriles is 1. The van der Waals surface area contributed by atoms with Gasteiger partial charge in [-0.2, -0.15) is 5.26 Å². The summed E-state index contributed by atoms with van der Waals surface area (Å²) in [5.74, 6) is 0. The van der Waals surface area contributed by atoms with E-state index in [0.717, 1.165) is 12.6 Å². The standard InChI is InChI=1S/C5H7NO.C4H7N/c1-5(4-7)2-3-6;1-2-3-4-5/h2-4,6H,1H3;2-3H2,1H3/b5-2+,6-3?;. The smallest absolute Gasteiger partial charge is 0.145 e. The van der Waals surface area contributed by atoms with Gasteiger partial charge in [-0.3, -0.25) is 4.79 Å². The first-order chi connectivity index (χ1) is 5.72. The summed E-state index contributed by atoms with van der Waals surface area (Å²) in [7, 11) is 0. The largest absolute Gasteiger partial charge is 0.309 e. The molecular formula is C9H14N2O. The highest BCUT2D eigenvalue weighted by Crippen LogP contribution is 1.79. The van der Waals surface area contributed by atoms with Crippen molar-refractivity contribution in [1.29, 1.82) is 10.7 Å². The maximum atomic E-state index is 9.72. The average Bonchev–Trinajstić information content (AvgIpc) is 2.07. The normalized spacial score (nSPS) is 8.92. The van der Waals surface area contributed by atoms with Gasteiger partial charge in [0.25, 0.3) is 0 Å². The van der Waals surface area contributed by atoms with Crippen LogP contribution in [-0.4, -0.2) is 12.5 Å². The van der Waals surface area contributed by atoms with Crippen LogP contribution in [0.2, 0.25) is 0 Å². The molecule has 0 saturated carbocycles. The number of carbonyl (C=O) groups is 1. The van der Waals surface area contributed by atoms with Crippen LogP contribution in [0.25, 0.3) is 0 Å². The van der Waals surface area contributed by atoms with Gasteiger partial charge in [0.1, 0.15) is 6.29 Å². The first kappa shape index (κ1) is 13.2. The summed E-state index contributed by atoms with van der Waals surface area (Å²) in [5.41, 5.74) is 0.579. The topological polar surface area (TPSA) is 64.7 Å². The second kappa shape index (κ2) is 12.3. The number of unbranched alkanes of at least 4 members (excludes halogenated alkanes) is 1. The number of hydrogen-bond donors (Lipinski definition) is 1. The zero-order valence-electron chi connectivity index (χ0n) is 7.50. The molecule has 0 heterocycles. The van der Waals surface area contributed by atoms with Gasteiger partial charge < -0.3 is 5.41 Å². The van der Waals surface area contributed by atoms with E-state index in [-0.39, 0.29) is 0 Å². The summed E-state index contributed by atoms with van der Waals surface area (Å²) in [5, 5.41) is 14.3. The molecule has 0 rings (SSSR count). The van der Waals surface area contributed by atoms with Gasteiger partial charge in [0.05, 0.1) is 6.07 Å². The lowest BCUT2D eigenvalue weighted by Gasteiger charge is -1.74. The van der Waals surface area contributed by atoms with E-state index in [4.69, 9.17) is 10.7 Å². The fourth-order valence-corrected chi connectivity index (χ4v) is 0.283. The molecule has 0 aromatic heterocycles. The number of hydrogen-bond acceptors (Lipinski definition) is 3. The molecule has 1 N–H and O–H groups in total. The number of nitrogens with one attached hydrogen (secondary N) is 1. The van der Waals surface area contributed by atoms with Crippen molar-refractivity contribution < 1.29 is 4.79 Å². The maximum absolute atomic E-state index is 9.72. The van der Waals surface area contributed by atoms with Crippen LogP contribution in [0.1, 0.15) is 26.7 Å². The second-order valence-corrected chi connectivity index (χ2v) is 2.10. The fourth-order valence-electron chi connectivity index (χ4n) is 0.283. The van der Waals surface area contributed by atoms with Crippen molar-refractivity contribution in [2.24, 2.45) is 0 Å². The van der Waals surface area contributed by atoms with Gasteiger partial charge in [-0.15, -0.1) is 0 Å². The quantitative estimate of drug-likeness (QED) is 0.396. The molecule has 0 amide bonds. The van der Waals surface area contributed by atoms with E-state index < -0.39 is 0 Å². The van der Waals surface area contributed by atoms with Gasteiger partial charge in [0.2, 0.25) is 0 Å². The Hall–Kier alpha value is -1.43. The number of rotatable bonds is 3. The highest BCUT2D eigenvalue weighted by atomic mass is 16.1. The van der Waals surface area contributed by atoms with Crippen molar-refractivity contribution in [3.63, 3.8) is 0 Å². The first-order valence-corrected chi connectivity index (χ1v) is 3.72. The molecule has 0 fully saturated rings. The van der Waals surface area contributed by atoms with Gasteiger partial charge >= 0.3 is 0 Å². The summed E-state index contributed by atoms with van der Waals surface area (Å²) >= 11 is 0.